The van der Waals surface area contributed by atoms with Crippen LogP contribution >= 0.6 is 0 Å². The van der Waals surface area contributed by atoms with Crippen LogP contribution in [0.1, 0.15) is 51.9 Å². The van der Waals surface area contributed by atoms with Crippen molar-refractivity contribution >= 4 is 6.03 Å². The SMILES string of the molecule is CCC1CN(C(=O)NC2CCCCC2)CCC1N. The number of hydrogen-bond donors (Lipinski definition) is 2. The molecule has 0 bridgehead atoms. The predicted octanol–water partition coefficient (Wildman–Crippen LogP) is 2.09. The molecule has 2 rings (SSSR count). The van der Waals surface area contributed by atoms with Crippen molar-refractivity contribution in [3.8, 4) is 0 Å². The van der Waals surface area contributed by atoms with Gasteiger partial charge >= 0.3 is 6.03 Å². The van der Waals surface area contributed by atoms with E-state index in [-0.39, 0.29) is 12.1 Å². The number of hydrogen-bond acceptors (Lipinski definition) is 2. The molecule has 0 aromatic rings. The molecular formula is C14H27N3O. The molecule has 2 fully saturated rings. The van der Waals surface area contributed by atoms with Gasteiger partial charge in [-0.1, -0.05) is 32.6 Å². The lowest BCUT2D eigenvalue weighted by molar-refractivity contribution is 0.148. The zero-order chi connectivity index (χ0) is 13.0. The Hall–Kier alpha value is -0.770. The Balaban J connectivity index is 1.81. The van der Waals surface area contributed by atoms with Gasteiger partial charge in [-0.3, -0.25) is 0 Å². The van der Waals surface area contributed by atoms with Crippen molar-refractivity contribution in [3.63, 3.8) is 0 Å². The maximum Gasteiger partial charge on any atom is 0.317 e. The molecule has 0 aromatic heterocycles. The van der Waals surface area contributed by atoms with E-state index in [0.29, 0.717) is 12.0 Å². The molecule has 1 saturated carbocycles. The average molecular weight is 253 g/mol. The van der Waals surface area contributed by atoms with Gasteiger partial charge < -0.3 is 16.0 Å². The molecule has 4 heteroatoms. The minimum Gasteiger partial charge on any atom is -0.335 e. The molecule has 104 valence electrons. The fourth-order valence-corrected chi connectivity index (χ4v) is 3.18. The van der Waals surface area contributed by atoms with E-state index in [1.165, 1.54) is 19.3 Å². The number of rotatable bonds is 2. The van der Waals surface area contributed by atoms with E-state index in [1.54, 1.807) is 0 Å². The normalized spacial score (nSPS) is 30.2. The zero-order valence-electron chi connectivity index (χ0n) is 11.5. The second-order valence-electron chi connectivity index (χ2n) is 5.85. The predicted molar refractivity (Wildman–Crippen MR) is 73.4 cm³/mol. The molecule has 2 aliphatic rings. The molecular weight excluding hydrogens is 226 g/mol. The van der Waals surface area contributed by atoms with E-state index in [4.69, 9.17) is 5.73 Å². The van der Waals surface area contributed by atoms with Gasteiger partial charge in [-0.2, -0.15) is 0 Å². The summed E-state index contributed by atoms with van der Waals surface area (Å²) in [6.45, 7) is 3.81. The summed E-state index contributed by atoms with van der Waals surface area (Å²) < 4.78 is 0. The standard InChI is InChI=1S/C14H27N3O/c1-2-11-10-17(9-8-13(11)15)14(18)16-12-6-4-3-5-7-12/h11-13H,2-10,15H2,1H3,(H,16,18). The fourth-order valence-electron chi connectivity index (χ4n) is 3.18. The molecule has 0 spiro atoms. The monoisotopic (exact) mass is 253 g/mol. The van der Waals surface area contributed by atoms with Gasteiger partial charge in [0.25, 0.3) is 0 Å². The van der Waals surface area contributed by atoms with Gasteiger partial charge in [0.1, 0.15) is 0 Å². The summed E-state index contributed by atoms with van der Waals surface area (Å²) in [6, 6.07) is 0.808. The summed E-state index contributed by atoms with van der Waals surface area (Å²) >= 11 is 0. The molecule has 0 radical (unpaired) electrons. The van der Waals surface area contributed by atoms with Crippen molar-refractivity contribution in [2.24, 2.45) is 11.7 Å². The Labute approximate surface area is 110 Å². The maximum atomic E-state index is 12.2. The van der Waals surface area contributed by atoms with Crippen molar-refractivity contribution in [1.29, 1.82) is 0 Å². The van der Waals surface area contributed by atoms with Gasteiger partial charge in [0.15, 0.2) is 0 Å². The number of carbonyl (C=O) groups excluding carboxylic acids is 1. The van der Waals surface area contributed by atoms with Crippen molar-refractivity contribution < 1.29 is 4.79 Å². The van der Waals surface area contributed by atoms with Crippen LogP contribution in [0.2, 0.25) is 0 Å². The molecule has 4 nitrogen and oxygen atoms in total. The Bertz CT molecular complexity index is 276. The summed E-state index contributed by atoms with van der Waals surface area (Å²) in [5, 5.41) is 3.19. The lowest BCUT2D eigenvalue weighted by Crippen LogP contribution is -2.53. The van der Waals surface area contributed by atoms with Crippen LogP contribution in [0.15, 0.2) is 0 Å². The van der Waals surface area contributed by atoms with Crippen molar-refractivity contribution in [3.05, 3.63) is 0 Å². The third-order valence-electron chi connectivity index (χ3n) is 4.54. The minimum absolute atomic E-state index is 0.132. The third-order valence-corrected chi connectivity index (χ3v) is 4.54. The second kappa shape index (κ2) is 6.41. The van der Waals surface area contributed by atoms with Gasteiger partial charge in [-0.05, 0) is 25.2 Å². The largest absolute Gasteiger partial charge is 0.335 e. The molecule has 1 heterocycles. The molecule has 3 N–H and O–H groups in total. The minimum atomic E-state index is 0.132. The molecule has 1 aliphatic carbocycles. The van der Waals surface area contributed by atoms with E-state index >= 15 is 0 Å². The first kappa shape index (κ1) is 13.7. The number of amides is 2. The molecule has 2 atom stereocenters. The summed E-state index contributed by atoms with van der Waals surface area (Å²) in [7, 11) is 0. The first-order valence-corrected chi connectivity index (χ1v) is 7.51. The quantitative estimate of drug-likeness (QED) is 0.791. The summed E-state index contributed by atoms with van der Waals surface area (Å²) in [4.78, 5) is 14.2. The van der Waals surface area contributed by atoms with E-state index in [2.05, 4.69) is 12.2 Å². The Morgan fingerprint density at radius 3 is 2.67 bits per heavy atom. The highest BCUT2D eigenvalue weighted by Crippen LogP contribution is 2.20. The van der Waals surface area contributed by atoms with Gasteiger partial charge in [0.2, 0.25) is 0 Å². The molecule has 2 amide bonds. The number of urea groups is 1. The topological polar surface area (TPSA) is 58.4 Å². The first-order chi connectivity index (χ1) is 8.70. The highest BCUT2D eigenvalue weighted by atomic mass is 16.2. The second-order valence-corrected chi connectivity index (χ2v) is 5.85. The van der Waals surface area contributed by atoms with Crippen molar-refractivity contribution in [2.75, 3.05) is 13.1 Å². The summed E-state index contributed by atoms with van der Waals surface area (Å²) in [6.07, 6.45) is 8.14. The molecule has 2 unspecified atom stereocenters. The van der Waals surface area contributed by atoms with Gasteiger partial charge in [0, 0.05) is 25.2 Å². The Morgan fingerprint density at radius 1 is 1.28 bits per heavy atom. The van der Waals surface area contributed by atoms with Crippen LogP contribution in [-0.4, -0.2) is 36.1 Å². The van der Waals surface area contributed by atoms with E-state index in [9.17, 15) is 4.79 Å². The van der Waals surface area contributed by atoms with Crippen LogP contribution in [0.3, 0.4) is 0 Å². The number of carbonyl (C=O) groups is 1. The molecule has 18 heavy (non-hydrogen) atoms. The number of nitrogens with two attached hydrogens (primary N) is 1. The number of nitrogens with one attached hydrogen (secondary N) is 1. The van der Waals surface area contributed by atoms with Gasteiger partial charge in [0.05, 0.1) is 0 Å². The lowest BCUT2D eigenvalue weighted by atomic mass is 9.91. The van der Waals surface area contributed by atoms with E-state index in [0.717, 1.165) is 38.8 Å². The number of piperidine rings is 1. The number of nitrogens with zero attached hydrogens (tertiary/aromatic N) is 1. The smallest absolute Gasteiger partial charge is 0.317 e. The molecule has 0 aromatic carbocycles. The van der Waals surface area contributed by atoms with Crippen LogP contribution in [0, 0.1) is 5.92 Å². The van der Waals surface area contributed by atoms with Crippen LogP contribution in [0.4, 0.5) is 4.79 Å². The maximum absolute atomic E-state index is 12.2. The Kier molecular flexibility index (Phi) is 4.87. The highest BCUT2D eigenvalue weighted by molar-refractivity contribution is 5.74. The summed E-state index contributed by atoms with van der Waals surface area (Å²) in [5.74, 6) is 0.468. The lowest BCUT2D eigenvalue weighted by Gasteiger charge is -2.37. The van der Waals surface area contributed by atoms with Gasteiger partial charge in [-0.25, -0.2) is 4.79 Å². The number of likely N-dealkylation sites (tertiary alicyclic amines) is 1. The van der Waals surface area contributed by atoms with Crippen LogP contribution in [0.5, 0.6) is 0 Å². The van der Waals surface area contributed by atoms with Crippen LogP contribution < -0.4 is 11.1 Å². The highest BCUT2D eigenvalue weighted by Gasteiger charge is 2.29. The Morgan fingerprint density at radius 2 is 2.00 bits per heavy atom. The van der Waals surface area contributed by atoms with Crippen LogP contribution in [0.25, 0.3) is 0 Å². The fraction of sp³-hybridized carbons (Fsp3) is 0.929. The van der Waals surface area contributed by atoms with Crippen molar-refractivity contribution in [2.45, 2.75) is 64.0 Å². The van der Waals surface area contributed by atoms with Gasteiger partial charge in [-0.15, -0.1) is 0 Å². The van der Waals surface area contributed by atoms with E-state index in [1.807, 2.05) is 4.90 Å². The average Bonchev–Trinajstić information content (AvgIpc) is 2.40. The first-order valence-electron chi connectivity index (χ1n) is 7.51. The van der Waals surface area contributed by atoms with Crippen LogP contribution in [-0.2, 0) is 0 Å². The third kappa shape index (κ3) is 3.37. The molecule has 1 saturated heterocycles. The van der Waals surface area contributed by atoms with Crippen molar-refractivity contribution in [1.82, 2.24) is 10.2 Å². The zero-order valence-corrected chi connectivity index (χ0v) is 11.5. The van der Waals surface area contributed by atoms with E-state index < -0.39 is 0 Å². The summed E-state index contributed by atoms with van der Waals surface area (Å²) in [5.41, 5.74) is 6.08. The molecule has 1 aliphatic heterocycles.